The highest BCUT2D eigenvalue weighted by Crippen LogP contribution is 2.20. The molecule has 1 aliphatic heterocycles. The maximum absolute atomic E-state index is 12.3. The maximum atomic E-state index is 12.3. The van der Waals surface area contributed by atoms with E-state index in [1.54, 1.807) is 0 Å². The highest BCUT2D eigenvalue weighted by atomic mass is 16.1. The SMILES string of the molecule is CC(CNC(=O)c1ccc(CN)cc1)N1CCc2ccccc2C1. The molecule has 24 heavy (non-hydrogen) atoms. The molecule has 0 bridgehead atoms. The molecule has 3 rings (SSSR count). The van der Waals surface area contributed by atoms with E-state index >= 15 is 0 Å². The fraction of sp³-hybridized carbons (Fsp3) is 0.350. The lowest BCUT2D eigenvalue weighted by Gasteiger charge is -2.33. The summed E-state index contributed by atoms with van der Waals surface area (Å²) in [5, 5.41) is 3.05. The van der Waals surface area contributed by atoms with Crippen molar-refractivity contribution in [1.82, 2.24) is 10.2 Å². The number of nitrogens with one attached hydrogen (secondary N) is 1. The third kappa shape index (κ3) is 3.83. The van der Waals surface area contributed by atoms with Crippen molar-refractivity contribution in [3.8, 4) is 0 Å². The van der Waals surface area contributed by atoms with E-state index in [1.165, 1.54) is 11.1 Å². The predicted octanol–water partition coefficient (Wildman–Crippen LogP) is 2.32. The summed E-state index contributed by atoms with van der Waals surface area (Å²) in [6, 6.07) is 16.4. The number of rotatable bonds is 5. The van der Waals surface area contributed by atoms with Crippen molar-refractivity contribution >= 4 is 5.91 Å². The molecule has 126 valence electrons. The Kier molecular flexibility index (Phi) is 5.28. The fourth-order valence-corrected chi connectivity index (χ4v) is 3.16. The maximum Gasteiger partial charge on any atom is 0.251 e. The molecule has 0 radical (unpaired) electrons. The molecule has 4 heteroatoms. The second kappa shape index (κ2) is 7.60. The molecule has 0 aliphatic carbocycles. The Morgan fingerprint density at radius 3 is 2.58 bits per heavy atom. The van der Waals surface area contributed by atoms with Gasteiger partial charge in [-0.2, -0.15) is 0 Å². The first-order valence-electron chi connectivity index (χ1n) is 8.55. The molecular weight excluding hydrogens is 298 g/mol. The van der Waals surface area contributed by atoms with Gasteiger partial charge in [0.1, 0.15) is 0 Å². The first kappa shape index (κ1) is 16.7. The third-order valence-corrected chi connectivity index (χ3v) is 4.79. The number of nitrogens with zero attached hydrogens (tertiary/aromatic N) is 1. The quantitative estimate of drug-likeness (QED) is 0.888. The zero-order valence-corrected chi connectivity index (χ0v) is 14.2. The van der Waals surface area contributed by atoms with Gasteiger partial charge < -0.3 is 11.1 Å². The van der Waals surface area contributed by atoms with Gasteiger partial charge in [-0.1, -0.05) is 36.4 Å². The molecule has 0 saturated heterocycles. The van der Waals surface area contributed by atoms with Crippen molar-refractivity contribution in [3.63, 3.8) is 0 Å². The molecule has 1 unspecified atom stereocenters. The number of benzene rings is 2. The van der Waals surface area contributed by atoms with E-state index in [1.807, 2.05) is 24.3 Å². The monoisotopic (exact) mass is 323 g/mol. The molecule has 1 amide bonds. The van der Waals surface area contributed by atoms with Gasteiger partial charge >= 0.3 is 0 Å². The van der Waals surface area contributed by atoms with Crippen LogP contribution in [-0.4, -0.2) is 29.9 Å². The molecule has 0 spiro atoms. The van der Waals surface area contributed by atoms with Crippen molar-refractivity contribution in [2.75, 3.05) is 13.1 Å². The molecule has 0 fully saturated rings. The van der Waals surface area contributed by atoms with E-state index in [2.05, 4.69) is 41.4 Å². The summed E-state index contributed by atoms with van der Waals surface area (Å²) >= 11 is 0. The van der Waals surface area contributed by atoms with Gasteiger partial charge in [-0.15, -0.1) is 0 Å². The van der Waals surface area contributed by atoms with Crippen molar-refractivity contribution in [2.24, 2.45) is 5.73 Å². The second-order valence-electron chi connectivity index (χ2n) is 6.45. The highest BCUT2D eigenvalue weighted by Gasteiger charge is 2.20. The summed E-state index contributed by atoms with van der Waals surface area (Å²) in [6.45, 7) is 5.32. The number of hydrogen-bond donors (Lipinski definition) is 2. The predicted molar refractivity (Wildman–Crippen MR) is 96.7 cm³/mol. The summed E-state index contributed by atoms with van der Waals surface area (Å²) in [5.74, 6) is -0.0252. The standard InChI is InChI=1S/C20H25N3O/c1-15(23-11-10-17-4-2-3-5-19(17)14-23)13-22-20(24)18-8-6-16(12-21)7-9-18/h2-9,15H,10-14,21H2,1H3,(H,22,24). The zero-order valence-electron chi connectivity index (χ0n) is 14.2. The molecule has 1 atom stereocenters. The van der Waals surface area contributed by atoms with Crippen LogP contribution in [0.1, 0.15) is 34.0 Å². The first-order valence-corrected chi connectivity index (χ1v) is 8.55. The van der Waals surface area contributed by atoms with Crippen LogP contribution in [0.3, 0.4) is 0 Å². The van der Waals surface area contributed by atoms with Gasteiger partial charge in [0, 0.05) is 37.8 Å². The topological polar surface area (TPSA) is 58.4 Å². The van der Waals surface area contributed by atoms with Crippen LogP contribution in [0, 0.1) is 0 Å². The smallest absolute Gasteiger partial charge is 0.251 e. The Morgan fingerprint density at radius 2 is 1.88 bits per heavy atom. The fourth-order valence-electron chi connectivity index (χ4n) is 3.16. The second-order valence-corrected chi connectivity index (χ2v) is 6.45. The normalized spacial score (nSPS) is 15.6. The Bertz CT molecular complexity index is 696. The van der Waals surface area contributed by atoms with Crippen LogP contribution in [0.15, 0.2) is 48.5 Å². The molecule has 1 aliphatic rings. The largest absolute Gasteiger partial charge is 0.350 e. The zero-order chi connectivity index (χ0) is 16.9. The van der Waals surface area contributed by atoms with Crippen LogP contribution in [-0.2, 0) is 19.5 Å². The van der Waals surface area contributed by atoms with Gasteiger partial charge in [0.25, 0.3) is 5.91 Å². The Balaban J connectivity index is 1.53. The van der Waals surface area contributed by atoms with Crippen molar-refractivity contribution in [2.45, 2.75) is 32.5 Å². The van der Waals surface area contributed by atoms with Gasteiger partial charge in [0.2, 0.25) is 0 Å². The minimum absolute atomic E-state index is 0.0252. The summed E-state index contributed by atoms with van der Waals surface area (Å²) in [4.78, 5) is 14.7. The van der Waals surface area contributed by atoms with Gasteiger partial charge in [-0.05, 0) is 42.2 Å². The van der Waals surface area contributed by atoms with Crippen molar-refractivity contribution < 1.29 is 4.79 Å². The lowest BCUT2D eigenvalue weighted by molar-refractivity contribution is 0.0932. The molecule has 4 nitrogen and oxygen atoms in total. The number of carbonyl (C=O) groups excluding carboxylic acids is 1. The Hall–Kier alpha value is -2.17. The molecule has 2 aromatic carbocycles. The minimum atomic E-state index is -0.0252. The van der Waals surface area contributed by atoms with E-state index in [0.29, 0.717) is 24.7 Å². The number of fused-ring (bicyclic) bond motifs is 1. The molecule has 1 heterocycles. The average Bonchev–Trinajstić information content (AvgIpc) is 2.65. The summed E-state index contributed by atoms with van der Waals surface area (Å²) in [5.41, 5.74) is 10.2. The third-order valence-electron chi connectivity index (χ3n) is 4.79. The lowest BCUT2D eigenvalue weighted by Crippen LogP contribution is -2.44. The van der Waals surface area contributed by atoms with Crippen LogP contribution >= 0.6 is 0 Å². The molecule has 3 N–H and O–H groups in total. The van der Waals surface area contributed by atoms with Crippen LogP contribution < -0.4 is 11.1 Å². The molecular formula is C20H25N3O. The highest BCUT2D eigenvalue weighted by molar-refractivity contribution is 5.94. The summed E-state index contributed by atoms with van der Waals surface area (Å²) < 4.78 is 0. The van der Waals surface area contributed by atoms with E-state index < -0.39 is 0 Å². The van der Waals surface area contributed by atoms with Crippen LogP contribution in [0.4, 0.5) is 0 Å². The van der Waals surface area contributed by atoms with E-state index in [0.717, 1.165) is 25.1 Å². The Morgan fingerprint density at radius 1 is 1.17 bits per heavy atom. The van der Waals surface area contributed by atoms with Crippen LogP contribution in [0.25, 0.3) is 0 Å². The van der Waals surface area contributed by atoms with Gasteiger partial charge in [0.15, 0.2) is 0 Å². The van der Waals surface area contributed by atoms with Gasteiger partial charge in [0.05, 0.1) is 0 Å². The molecule has 0 saturated carbocycles. The van der Waals surface area contributed by atoms with Gasteiger partial charge in [-0.3, -0.25) is 9.69 Å². The van der Waals surface area contributed by atoms with Crippen LogP contribution in [0.5, 0.6) is 0 Å². The first-order chi connectivity index (χ1) is 11.7. The van der Waals surface area contributed by atoms with Crippen LogP contribution in [0.2, 0.25) is 0 Å². The summed E-state index contributed by atoms with van der Waals surface area (Å²) in [6.07, 6.45) is 1.08. The summed E-state index contributed by atoms with van der Waals surface area (Å²) in [7, 11) is 0. The minimum Gasteiger partial charge on any atom is -0.350 e. The van der Waals surface area contributed by atoms with E-state index in [-0.39, 0.29) is 5.91 Å². The van der Waals surface area contributed by atoms with Crippen molar-refractivity contribution in [1.29, 1.82) is 0 Å². The molecule has 2 aromatic rings. The van der Waals surface area contributed by atoms with Crippen molar-refractivity contribution in [3.05, 3.63) is 70.8 Å². The number of carbonyl (C=O) groups is 1. The molecule has 0 aromatic heterocycles. The number of hydrogen-bond acceptors (Lipinski definition) is 3. The number of amides is 1. The van der Waals surface area contributed by atoms with E-state index in [9.17, 15) is 4.79 Å². The number of nitrogens with two attached hydrogens (primary N) is 1. The Labute approximate surface area is 143 Å². The van der Waals surface area contributed by atoms with E-state index in [4.69, 9.17) is 5.73 Å². The average molecular weight is 323 g/mol. The van der Waals surface area contributed by atoms with Gasteiger partial charge in [-0.25, -0.2) is 0 Å². The lowest BCUT2D eigenvalue weighted by atomic mass is 9.99.